The summed E-state index contributed by atoms with van der Waals surface area (Å²) in [5.74, 6) is -0.504. The van der Waals surface area contributed by atoms with Crippen molar-refractivity contribution in [2.24, 2.45) is 5.10 Å². The van der Waals surface area contributed by atoms with Gasteiger partial charge in [-0.2, -0.15) is 5.10 Å². The number of hydrazone groups is 1. The highest BCUT2D eigenvalue weighted by Gasteiger charge is 2.10. The van der Waals surface area contributed by atoms with Gasteiger partial charge in [-0.1, -0.05) is 11.8 Å². The molecule has 0 aliphatic heterocycles. The highest BCUT2D eigenvalue weighted by Crippen LogP contribution is 2.19. The van der Waals surface area contributed by atoms with Gasteiger partial charge in [0.2, 0.25) is 0 Å². The molecule has 0 atom stereocenters. The van der Waals surface area contributed by atoms with E-state index in [1.807, 2.05) is 0 Å². The molecule has 0 spiro atoms. The number of nitro benzene ring substituents is 1. The topological polar surface area (TPSA) is 121 Å². The van der Waals surface area contributed by atoms with Crippen molar-refractivity contribution in [1.82, 2.24) is 5.43 Å². The smallest absolute Gasteiger partial charge is 0.274 e. The molecule has 8 heteroatoms. The molecule has 2 rings (SSSR count). The minimum atomic E-state index is -0.621. The zero-order valence-corrected chi connectivity index (χ0v) is 10.9. The molecule has 0 saturated carbocycles. The molecule has 1 heterocycles. The Labute approximate surface area is 118 Å². The van der Waals surface area contributed by atoms with Crippen molar-refractivity contribution in [1.29, 1.82) is 0 Å². The van der Waals surface area contributed by atoms with Crippen molar-refractivity contribution in [3.63, 3.8) is 0 Å². The molecule has 0 saturated heterocycles. The number of benzene rings is 1. The number of hydrogen-bond donors (Lipinski definition) is 1. The number of carbonyl (C=O) groups excluding carboxylic acids is 1. The molecule has 108 valence electrons. The van der Waals surface area contributed by atoms with Crippen LogP contribution in [0.5, 0.6) is 5.75 Å². The molecule has 0 aliphatic carbocycles. The summed E-state index contributed by atoms with van der Waals surface area (Å²) >= 11 is 0. The SMILES string of the molecule is Cc1occc1C(=O)NN=Cc1cc([N+](=O)[O-])ccc1[O-]. The Balaban J connectivity index is 2.11. The zero-order chi connectivity index (χ0) is 15.4. The van der Waals surface area contributed by atoms with Crippen LogP contribution in [0.4, 0.5) is 5.69 Å². The van der Waals surface area contributed by atoms with Gasteiger partial charge < -0.3 is 9.52 Å². The molecule has 0 radical (unpaired) electrons. The first-order chi connectivity index (χ1) is 9.99. The highest BCUT2D eigenvalue weighted by atomic mass is 16.6. The Kier molecular flexibility index (Phi) is 3.98. The van der Waals surface area contributed by atoms with Crippen molar-refractivity contribution in [2.45, 2.75) is 6.92 Å². The quantitative estimate of drug-likeness (QED) is 0.517. The molecule has 0 fully saturated rings. The fourth-order valence-corrected chi connectivity index (χ4v) is 1.59. The van der Waals surface area contributed by atoms with Crippen molar-refractivity contribution in [2.75, 3.05) is 0 Å². The lowest BCUT2D eigenvalue weighted by molar-refractivity contribution is -0.385. The number of hydrogen-bond acceptors (Lipinski definition) is 6. The van der Waals surface area contributed by atoms with Gasteiger partial charge in [0, 0.05) is 12.1 Å². The normalized spacial score (nSPS) is 10.7. The number of carbonyl (C=O) groups is 1. The first-order valence-corrected chi connectivity index (χ1v) is 5.82. The third-order valence-corrected chi connectivity index (χ3v) is 2.68. The van der Waals surface area contributed by atoms with Gasteiger partial charge in [0.25, 0.3) is 11.6 Å². The molecule has 2 aromatic rings. The standard InChI is InChI=1S/C13H11N3O5/c1-8-11(4-5-21-8)13(18)15-14-7-9-6-10(16(19)20)2-3-12(9)17/h2-7,17H,1H3,(H,15,18)/p-1. The maximum atomic E-state index is 11.7. The van der Waals surface area contributed by atoms with E-state index in [9.17, 15) is 20.0 Å². The van der Waals surface area contributed by atoms with Crippen LogP contribution in [0.25, 0.3) is 0 Å². The number of amides is 1. The lowest BCUT2D eigenvalue weighted by Crippen LogP contribution is -2.17. The van der Waals surface area contributed by atoms with E-state index >= 15 is 0 Å². The fourth-order valence-electron chi connectivity index (χ4n) is 1.59. The molecule has 1 aromatic carbocycles. The van der Waals surface area contributed by atoms with Gasteiger partial charge in [-0.25, -0.2) is 5.43 Å². The Morgan fingerprint density at radius 2 is 2.19 bits per heavy atom. The van der Waals surface area contributed by atoms with Crippen LogP contribution in [-0.4, -0.2) is 17.0 Å². The Hall–Kier alpha value is -3.16. The molecule has 0 aliphatic rings. The summed E-state index contributed by atoms with van der Waals surface area (Å²) in [4.78, 5) is 21.7. The number of non-ortho nitro benzene ring substituents is 1. The van der Waals surface area contributed by atoms with Crippen LogP contribution in [0.1, 0.15) is 21.7 Å². The predicted octanol–water partition coefficient (Wildman–Crippen LogP) is 1.33. The number of nitrogens with zero attached hydrogens (tertiary/aromatic N) is 2. The first kappa shape index (κ1) is 14.3. The maximum absolute atomic E-state index is 11.7. The summed E-state index contributed by atoms with van der Waals surface area (Å²) in [5.41, 5.74) is 2.30. The summed E-state index contributed by atoms with van der Waals surface area (Å²) in [6.07, 6.45) is 2.42. The largest absolute Gasteiger partial charge is 0.872 e. The van der Waals surface area contributed by atoms with E-state index in [2.05, 4.69) is 10.5 Å². The van der Waals surface area contributed by atoms with Crippen LogP contribution in [0.2, 0.25) is 0 Å². The second kappa shape index (κ2) is 5.87. The third-order valence-electron chi connectivity index (χ3n) is 2.68. The second-order valence-corrected chi connectivity index (χ2v) is 4.07. The number of rotatable bonds is 4. The van der Waals surface area contributed by atoms with Crippen LogP contribution in [0, 0.1) is 17.0 Å². The summed E-state index contributed by atoms with van der Waals surface area (Å²) in [6, 6.07) is 4.74. The molecule has 0 bridgehead atoms. The minimum Gasteiger partial charge on any atom is -0.872 e. The third kappa shape index (κ3) is 3.24. The average Bonchev–Trinajstić information content (AvgIpc) is 2.86. The summed E-state index contributed by atoms with van der Waals surface area (Å²) in [5, 5.41) is 25.7. The maximum Gasteiger partial charge on any atom is 0.274 e. The monoisotopic (exact) mass is 288 g/mol. The molecular formula is C13H10N3O5-. The van der Waals surface area contributed by atoms with Crippen LogP contribution in [0.15, 0.2) is 40.0 Å². The number of furan rings is 1. The zero-order valence-electron chi connectivity index (χ0n) is 10.9. The molecular weight excluding hydrogens is 278 g/mol. The minimum absolute atomic E-state index is 0.00779. The van der Waals surface area contributed by atoms with Gasteiger partial charge in [0.05, 0.1) is 23.0 Å². The van der Waals surface area contributed by atoms with E-state index in [1.54, 1.807) is 6.92 Å². The van der Waals surface area contributed by atoms with Crippen molar-refractivity contribution in [3.05, 3.63) is 57.5 Å². The van der Waals surface area contributed by atoms with E-state index in [0.29, 0.717) is 11.3 Å². The Morgan fingerprint density at radius 3 is 2.81 bits per heavy atom. The summed E-state index contributed by atoms with van der Waals surface area (Å²) in [7, 11) is 0. The van der Waals surface area contributed by atoms with E-state index in [-0.39, 0.29) is 11.3 Å². The van der Waals surface area contributed by atoms with Crippen LogP contribution in [0.3, 0.4) is 0 Å². The summed E-state index contributed by atoms with van der Waals surface area (Å²) < 4.78 is 4.97. The molecule has 0 unspecified atom stereocenters. The number of nitro groups is 1. The van der Waals surface area contributed by atoms with E-state index < -0.39 is 16.6 Å². The van der Waals surface area contributed by atoms with Gasteiger partial charge in [-0.15, -0.1) is 0 Å². The fraction of sp³-hybridized carbons (Fsp3) is 0.0769. The van der Waals surface area contributed by atoms with Gasteiger partial charge in [-0.3, -0.25) is 14.9 Å². The van der Waals surface area contributed by atoms with Crippen molar-refractivity contribution < 1.29 is 19.2 Å². The van der Waals surface area contributed by atoms with Gasteiger partial charge in [0.15, 0.2) is 0 Å². The second-order valence-electron chi connectivity index (χ2n) is 4.07. The highest BCUT2D eigenvalue weighted by molar-refractivity contribution is 5.95. The van der Waals surface area contributed by atoms with E-state index in [0.717, 1.165) is 24.4 Å². The molecule has 21 heavy (non-hydrogen) atoms. The molecule has 8 nitrogen and oxygen atoms in total. The van der Waals surface area contributed by atoms with Gasteiger partial charge >= 0.3 is 0 Å². The van der Waals surface area contributed by atoms with Crippen molar-refractivity contribution in [3.8, 4) is 5.75 Å². The lowest BCUT2D eigenvalue weighted by Gasteiger charge is -2.08. The Morgan fingerprint density at radius 1 is 1.43 bits per heavy atom. The van der Waals surface area contributed by atoms with Crippen LogP contribution >= 0.6 is 0 Å². The van der Waals surface area contributed by atoms with E-state index in [4.69, 9.17) is 4.42 Å². The van der Waals surface area contributed by atoms with Crippen molar-refractivity contribution >= 4 is 17.8 Å². The van der Waals surface area contributed by atoms with Gasteiger partial charge in [0.1, 0.15) is 5.76 Å². The van der Waals surface area contributed by atoms with Crippen LogP contribution in [-0.2, 0) is 0 Å². The number of aryl methyl sites for hydroxylation is 1. The molecule has 1 aromatic heterocycles. The number of nitrogens with one attached hydrogen (secondary N) is 1. The Bertz CT molecular complexity index is 720. The average molecular weight is 288 g/mol. The van der Waals surface area contributed by atoms with Gasteiger partial charge in [-0.05, 0) is 18.6 Å². The predicted molar refractivity (Wildman–Crippen MR) is 71.0 cm³/mol. The first-order valence-electron chi connectivity index (χ1n) is 5.82. The molecule has 1 amide bonds. The summed E-state index contributed by atoms with van der Waals surface area (Å²) in [6.45, 7) is 1.62. The van der Waals surface area contributed by atoms with E-state index in [1.165, 1.54) is 12.3 Å². The van der Waals surface area contributed by atoms with Crippen LogP contribution < -0.4 is 10.5 Å². The lowest BCUT2D eigenvalue weighted by atomic mass is 10.2. The molecule has 1 N–H and O–H groups in total.